The molecular formula is C16H24O3S. The van der Waals surface area contributed by atoms with Crippen LogP contribution in [0, 0.1) is 0 Å². The minimum absolute atomic E-state index is 0.119. The van der Waals surface area contributed by atoms with Crippen LogP contribution in [0.25, 0.3) is 0 Å². The van der Waals surface area contributed by atoms with Crippen molar-refractivity contribution >= 4 is 10.1 Å². The Kier molecular flexibility index (Phi) is 5.22. The fourth-order valence-corrected chi connectivity index (χ4v) is 4.02. The summed E-state index contributed by atoms with van der Waals surface area (Å²) in [4.78, 5) is 0.119. The Hall–Kier alpha value is -0.870. The second-order valence-corrected chi connectivity index (χ2v) is 7.13. The van der Waals surface area contributed by atoms with Gasteiger partial charge in [0.1, 0.15) is 0 Å². The number of hydrogen-bond donors (Lipinski definition) is 1. The summed E-state index contributed by atoms with van der Waals surface area (Å²) < 4.78 is 32.7. The highest BCUT2D eigenvalue weighted by molar-refractivity contribution is 7.85. The molecule has 0 amide bonds. The van der Waals surface area contributed by atoms with Gasteiger partial charge in [0.25, 0.3) is 10.1 Å². The van der Waals surface area contributed by atoms with Crippen molar-refractivity contribution in [2.45, 2.75) is 69.1 Å². The van der Waals surface area contributed by atoms with Gasteiger partial charge in [0.2, 0.25) is 0 Å². The summed E-state index contributed by atoms with van der Waals surface area (Å²) in [5.41, 5.74) is 2.00. The van der Waals surface area contributed by atoms with E-state index >= 15 is 0 Å². The molecule has 0 spiro atoms. The van der Waals surface area contributed by atoms with Gasteiger partial charge in [-0.3, -0.25) is 4.55 Å². The largest absolute Gasteiger partial charge is 0.294 e. The molecule has 1 N–H and O–H groups in total. The molecule has 1 aromatic rings. The van der Waals surface area contributed by atoms with Gasteiger partial charge < -0.3 is 0 Å². The smallest absolute Gasteiger partial charge is 0.282 e. The van der Waals surface area contributed by atoms with Crippen molar-refractivity contribution in [1.29, 1.82) is 0 Å². The maximum atomic E-state index is 11.6. The maximum absolute atomic E-state index is 11.6. The average Bonchev–Trinajstić information content (AvgIpc) is 2.44. The van der Waals surface area contributed by atoms with Crippen LogP contribution in [0.5, 0.6) is 0 Å². The van der Waals surface area contributed by atoms with E-state index in [1.54, 1.807) is 6.07 Å². The van der Waals surface area contributed by atoms with Crippen molar-refractivity contribution < 1.29 is 13.0 Å². The summed E-state index contributed by atoms with van der Waals surface area (Å²) in [6.45, 7) is 2.09. The quantitative estimate of drug-likeness (QED) is 0.823. The van der Waals surface area contributed by atoms with Gasteiger partial charge in [-0.25, -0.2) is 0 Å². The lowest BCUT2D eigenvalue weighted by molar-refractivity contribution is 0.439. The molecule has 2 rings (SSSR count). The van der Waals surface area contributed by atoms with Crippen LogP contribution in [0.4, 0.5) is 0 Å². The molecule has 1 saturated carbocycles. The Morgan fingerprint density at radius 2 is 1.90 bits per heavy atom. The molecule has 0 heterocycles. The first-order valence-corrected chi connectivity index (χ1v) is 9.07. The van der Waals surface area contributed by atoms with E-state index in [9.17, 15) is 13.0 Å². The third-order valence-electron chi connectivity index (χ3n) is 4.27. The van der Waals surface area contributed by atoms with E-state index in [0.29, 0.717) is 5.92 Å². The van der Waals surface area contributed by atoms with Crippen LogP contribution in [-0.4, -0.2) is 13.0 Å². The minimum atomic E-state index is -4.13. The van der Waals surface area contributed by atoms with Gasteiger partial charge in [-0.1, -0.05) is 44.7 Å². The molecule has 3 nitrogen and oxygen atoms in total. The topological polar surface area (TPSA) is 54.4 Å². The second-order valence-electron chi connectivity index (χ2n) is 5.74. The van der Waals surface area contributed by atoms with Crippen LogP contribution in [0.2, 0.25) is 0 Å². The first-order chi connectivity index (χ1) is 9.54. The van der Waals surface area contributed by atoms with Gasteiger partial charge in [-0.15, -0.1) is 0 Å². The molecule has 0 unspecified atom stereocenters. The molecule has 0 radical (unpaired) electrons. The molecule has 4 heteroatoms. The Labute approximate surface area is 122 Å². The SMILES string of the molecule is CCCCc1c(C2CCCCC2)cccc1S(=O)(=O)O. The van der Waals surface area contributed by atoms with E-state index in [2.05, 4.69) is 13.0 Å². The van der Waals surface area contributed by atoms with Crippen molar-refractivity contribution in [2.75, 3.05) is 0 Å². The summed E-state index contributed by atoms with van der Waals surface area (Å²) in [7, 11) is -4.13. The molecule has 0 aliphatic heterocycles. The zero-order valence-corrected chi connectivity index (χ0v) is 13.0. The van der Waals surface area contributed by atoms with Crippen LogP contribution < -0.4 is 0 Å². The lowest BCUT2D eigenvalue weighted by Gasteiger charge is -2.25. The molecule has 0 bridgehead atoms. The van der Waals surface area contributed by atoms with Gasteiger partial charge in [0.05, 0.1) is 4.90 Å². The van der Waals surface area contributed by atoms with Crippen LogP contribution in [0.15, 0.2) is 23.1 Å². The van der Waals surface area contributed by atoms with E-state index in [-0.39, 0.29) is 4.90 Å². The summed E-state index contributed by atoms with van der Waals surface area (Å²) >= 11 is 0. The van der Waals surface area contributed by atoms with Crippen molar-refractivity contribution in [3.63, 3.8) is 0 Å². The van der Waals surface area contributed by atoms with E-state index in [0.717, 1.165) is 43.2 Å². The van der Waals surface area contributed by atoms with Gasteiger partial charge in [0, 0.05) is 0 Å². The lowest BCUT2D eigenvalue weighted by atomic mass is 9.81. The standard InChI is InChI=1S/C16H24O3S/c1-2-3-10-15-14(13-8-5-4-6-9-13)11-7-12-16(15)20(17,18)19/h7,11-13H,2-6,8-10H2,1H3,(H,17,18,19). The van der Waals surface area contributed by atoms with Crippen LogP contribution in [0.1, 0.15) is 68.9 Å². The number of rotatable bonds is 5. The highest BCUT2D eigenvalue weighted by Crippen LogP contribution is 2.36. The third-order valence-corrected chi connectivity index (χ3v) is 5.21. The Morgan fingerprint density at radius 1 is 1.20 bits per heavy atom. The van der Waals surface area contributed by atoms with E-state index < -0.39 is 10.1 Å². The van der Waals surface area contributed by atoms with Crippen LogP contribution in [-0.2, 0) is 16.5 Å². The van der Waals surface area contributed by atoms with Gasteiger partial charge in [0.15, 0.2) is 0 Å². The molecule has 1 fully saturated rings. The minimum Gasteiger partial charge on any atom is -0.282 e. The monoisotopic (exact) mass is 296 g/mol. The zero-order chi connectivity index (χ0) is 14.6. The summed E-state index contributed by atoms with van der Waals surface area (Å²) in [5, 5.41) is 0. The van der Waals surface area contributed by atoms with Gasteiger partial charge >= 0.3 is 0 Å². The molecule has 0 saturated heterocycles. The second kappa shape index (κ2) is 6.72. The molecule has 1 aromatic carbocycles. The summed E-state index contributed by atoms with van der Waals surface area (Å²) in [6, 6.07) is 5.35. The summed E-state index contributed by atoms with van der Waals surface area (Å²) in [5.74, 6) is 0.456. The molecule has 1 aliphatic rings. The van der Waals surface area contributed by atoms with E-state index in [4.69, 9.17) is 0 Å². The zero-order valence-electron chi connectivity index (χ0n) is 12.1. The van der Waals surface area contributed by atoms with Crippen molar-refractivity contribution in [1.82, 2.24) is 0 Å². The Balaban J connectivity index is 2.43. The van der Waals surface area contributed by atoms with Crippen molar-refractivity contribution in [2.24, 2.45) is 0 Å². The normalized spacial score (nSPS) is 17.3. The molecule has 0 atom stereocenters. The van der Waals surface area contributed by atoms with Crippen LogP contribution in [0.3, 0.4) is 0 Å². The number of unbranched alkanes of at least 4 members (excludes halogenated alkanes) is 1. The van der Waals surface area contributed by atoms with Gasteiger partial charge in [-0.05, 0) is 48.8 Å². The molecule has 1 aliphatic carbocycles. The lowest BCUT2D eigenvalue weighted by Crippen LogP contribution is -2.11. The van der Waals surface area contributed by atoms with E-state index in [1.165, 1.54) is 25.3 Å². The molecule has 0 aromatic heterocycles. The fraction of sp³-hybridized carbons (Fsp3) is 0.625. The first-order valence-electron chi connectivity index (χ1n) is 7.63. The predicted octanol–water partition coefficient (Wildman–Crippen LogP) is 4.32. The maximum Gasteiger partial charge on any atom is 0.294 e. The Bertz CT molecular complexity index is 543. The van der Waals surface area contributed by atoms with Crippen LogP contribution >= 0.6 is 0 Å². The highest BCUT2D eigenvalue weighted by Gasteiger charge is 2.23. The molecule has 112 valence electrons. The van der Waals surface area contributed by atoms with Crippen molar-refractivity contribution in [3.05, 3.63) is 29.3 Å². The summed E-state index contributed by atoms with van der Waals surface area (Å²) in [6.07, 6.45) is 8.68. The van der Waals surface area contributed by atoms with Crippen molar-refractivity contribution in [3.8, 4) is 0 Å². The highest BCUT2D eigenvalue weighted by atomic mass is 32.2. The van der Waals surface area contributed by atoms with E-state index in [1.807, 2.05) is 0 Å². The number of benzene rings is 1. The number of hydrogen-bond acceptors (Lipinski definition) is 2. The molecule has 20 heavy (non-hydrogen) atoms. The fourth-order valence-electron chi connectivity index (χ4n) is 3.24. The predicted molar refractivity (Wildman–Crippen MR) is 80.7 cm³/mol. The molecular weight excluding hydrogens is 272 g/mol. The average molecular weight is 296 g/mol. The first kappa shape index (κ1) is 15.5. The third kappa shape index (κ3) is 3.61. The van der Waals surface area contributed by atoms with Gasteiger partial charge in [-0.2, -0.15) is 8.42 Å². The Morgan fingerprint density at radius 3 is 2.50 bits per heavy atom.